The Morgan fingerprint density at radius 2 is 0.929 bits per heavy atom. The maximum atomic E-state index is 12.7. The average molecular weight is 428 g/mol. The summed E-state index contributed by atoms with van der Waals surface area (Å²) in [5.41, 5.74) is 1.78. The summed E-state index contributed by atoms with van der Waals surface area (Å²) in [6.07, 6.45) is 0.465. The molecule has 0 aromatic heterocycles. The molecule has 0 amide bonds. The molecule has 6 nitrogen and oxygen atoms in total. The molecule has 2 aromatic carbocycles. The molecule has 0 saturated carbocycles. The van der Waals surface area contributed by atoms with E-state index in [-0.39, 0.29) is 12.3 Å². The first-order valence-electron chi connectivity index (χ1n) is 9.64. The zero-order valence-electron chi connectivity index (χ0n) is 17.1. The van der Waals surface area contributed by atoms with Gasteiger partial charge in [-0.15, -0.1) is 0 Å². The molecule has 0 heterocycles. The highest BCUT2D eigenvalue weighted by molar-refractivity contribution is 7.53. The van der Waals surface area contributed by atoms with E-state index in [2.05, 4.69) is 0 Å². The van der Waals surface area contributed by atoms with E-state index in [0.29, 0.717) is 26.4 Å². The van der Waals surface area contributed by atoms with Crippen LogP contribution in [0, 0.1) is 0 Å². The highest BCUT2D eigenvalue weighted by atomic mass is 31.2. The van der Waals surface area contributed by atoms with E-state index in [4.69, 9.17) is 18.1 Å². The molecule has 0 atom stereocenters. The lowest BCUT2D eigenvalue weighted by atomic mass is 10.1. The van der Waals surface area contributed by atoms with Gasteiger partial charge in [0.1, 0.15) is 0 Å². The molecule has 0 unspecified atom stereocenters. The Kier molecular flexibility index (Phi) is 8.88. The summed E-state index contributed by atoms with van der Waals surface area (Å²) in [4.78, 5) is 0. The monoisotopic (exact) mass is 428 g/mol. The zero-order chi connectivity index (χ0) is 20.6. The SMILES string of the molecule is CCOP(=O)(Cc1ccc2cc(CP(=O)(OCC)OCC)ccc2c1)OCC. The first kappa shape index (κ1) is 23.3. The highest BCUT2D eigenvalue weighted by Crippen LogP contribution is 2.52. The predicted octanol–water partition coefficient (Wildman–Crippen LogP) is 6.37. The lowest BCUT2D eigenvalue weighted by molar-refractivity contribution is 0.218. The Hall–Kier alpha value is -1.00. The third-order valence-corrected chi connectivity index (χ3v) is 8.14. The van der Waals surface area contributed by atoms with Gasteiger partial charge in [-0.25, -0.2) is 0 Å². The number of hydrogen-bond donors (Lipinski definition) is 0. The highest BCUT2D eigenvalue weighted by Gasteiger charge is 2.25. The summed E-state index contributed by atoms with van der Waals surface area (Å²) in [5, 5.41) is 2.01. The van der Waals surface area contributed by atoms with Crippen LogP contribution in [0.3, 0.4) is 0 Å². The van der Waals surface area contributed by atoms with Crippen molar-refractivity contribution in [1.29, 1.82) is 0 Å². The molecule has 0 aliphatic carbocycles. The molecule has 0 aliphatic rings. The van der Waals surface area contributed by atoms with Crippen molar-refractivity contribution in [2.75, 3.05) is 26.4 Å². The summed E-state index contributed by atoms with van der Waals surface area (Å²) in [5.74, 6) is 0. The van der Waals surface area contributed by atoms with Crippen molar-refractivity contribution in [2.24, 2.45) is 0 Å². The van der Waals surface area contributed by atoms with Crippen LogP contribution < -0.4 is 0 Å². The van der Waals surface area contributed by atoms with Gasteiger partial charge in [-0.3, -0.25) is 9.13 Å². The second-order valence-electron chi connectivity index (χ2n) is 6.22. The van der Waals surface area contributed by atoms with Gasteiger partial charge in [0.15, 0.2) is 0 Å². The van der Waals surface area contributed by atoms with Crippen LogP contribution in [0.2, 0.25) is 0 Å². The lowest BCUT2D eigenvalue weighted by Gasteiger charge is -2.18. The molecule has 0 aliphatic heterocycles. The fourth-order valence-corrected chi connectivity index (χ4v) is 6.41. The quantitative estimate of drug-likeness (QED) is 0.366. The first-order valence-corrected chi connectivity index (χ1v) is 13.1. The van der Waals surface area contributed by atoms with Crippen molar-refractivity contribution in [3.05, 3.63) is 47.5 Å². The van der Waals surface area contributed by atoms with Gasteiger partial charge < -0.3 is 18.1 Å². The minimum absolute atomic E-state index is 0.232. The number of rotatable bonds is 12. The molecule has 0 saturated heterocycles. The third kappa shape index (κ3) is 6.52. The average Bonchev–Trinajstić information content (AvgIpc) is 2.62. The normalized spacial score (nSPS) is 12.6. The number of hydrogen-bond acceptors (Lipinski definition) is 6. The van der Waals surface area contributed by atoms with Gasteiger partial charge in [-0.1, -0.05) is 36.4 Å². The molecule has 28 heavy (non-hydrogen) atoms. The van der Waals surface area contributed by atoms with Gasteiger partial charge in [-0.05, 0) is 49.6 Å². The summed E-state index contributed by atoms with van der Waals surface area (Å²) in [7, 11) is -6.28. The van der Waals surface area contributed by atoms with Gasteiger partial charge in [0, 0.05) is 0 Å². The minimum atomic E-state index is -3.14. The number of fused-ring (bicyclic) bond motifs is 1. The molecule has 8 heteroatoms. The van der Waals surface area contributed by atoms with Crippen LogP contribution in [-0.2, 0) is 39.5 Å². The molecule has 0 fully saturated rings. The first-order chi connectivity index (χ1) is 13.4. The molecular weight excluding hydrogens is 398 g/mol. The van der Waals surface area contributed by atoms with Crippen LogP contribution in [0.4, 0.5) is 0 Å². The largest absolute Gasteiger partial charge is 0.335 e. The Balaban J connectivity index is 2.24. The van der Waals surface area contributed by atoms with Gasteiger partial charge in [0.25, 0.3) is 0 Å². The fourth-order valence-electron chi connectivity index (χ4n) is 3.03. The molecule has 0 spiro atoms. The van der Waals surface area contributed by atoms with E-state index in [9.17, 15) is 9.13 Å². The van der Waals surface area contributed by atoms with E-state index < -0.39 is 15.2 Å². The summed E-state index contributed by atoms with van der Waals surface area (Å²) < 4.78 is 47.0. The van der Waals surface area contributed by atoms with E-state index >= 15 is 0 Å². The summed E-state index contributed by atoms with van der Waals surface area (Å²) in [6, 6.07) is 11.7. The van der Waals surface area contributed by atoms with Crippen LogP contribution in [0.25, 0.3) is 10.8 Å². The summed E-state index contributed by atoms with van der Waals surface area (Å²) >= 11 is 0. The van der Waals surface area contributed by atoms with E-state index in [0.717, 1.165) is 21.9 Å². The van der Waals surface area contributed by atoms with E-state index in [1.165, 1.54) is 0 Å². The second kappa shape index (κ2) is 10.7. The smallest absolute Gasteiger partial charge is 0.309 e. The zero-order valence-corrected chi connectivity index (χ0v) is 18.8. The maximum Gasteiger partial charge on any atom is 0.335 e. The van der Waals surface area contributed by atoms with Crippen molar-refractivity contribution in [3.63, 3.8) is 0 Å². The van der Waals surface area contributed by atoms with Crippen molar-refractivity contribution < 1.29 is 27.2 Å². The van der Waals surface area contributed by atoms with Crippen LogP contribution in [0.1, 0.15) is 38.8 Å². The molecule has 2 aromatic rings. The Bertz CT molecular complexity index is 776. The molecule has 0 N–H and O–H groups in total. The third-order valence-electron chi connectivity index (χ3n) is 4.02. The topological polar surface area (TPSA) is 71.1 Å². The van der Waals surface area contributed by atoms with Crippen molar-refractivity contribution in [2.45, 2.75) is 40.0 Å². The molecular formula is C20H30O6P2. The number of benzene rings is 2. The van der Waals surface area contributed by atoms with Crippen LogP contribution in [-0.4, -0.2) is 26.4 Å². The van der Waals surface area contributed by atoms with Crippen LogP contribution in [0.15, 0.2) is 36.4 Å². The Morgan fingerprint density at radius 1 is 0.607 bits per heavy atom. The van der Waals surface area contributed by atoms with Crippen molar-refractivity contribution >= 4 is 26.0 Å². The maximum absolute atomic E-state index is 12.7. The van der Waals surface area contributed by atoms with E-state index in [1.807, 2.05) is 36.4 Å². The van der Waals surface area contributed by atoms with Crippen LogP contribution >= 0.6 is 15.2 Å². The molecule has 156 valence electrons. The molecule has 0 radical (unpaired) electrons. The van der Waals surface area contributed by atoms with Crippen molar-refractivity contribution in [1.82, 2.24) is 0 Å². The van der Waals surface area contributed by atoms with Gasteiger partial charge in [0.2, 0.25) is 0 Å². The second-order valence-corrected chi connectivity index (χ2v) is 10.3. The standard InChI is InChI=1S/C20H30O6P2/c1-5-23-27(21,24-6-2)15-17-9-11-20-14-18(10-12-19(20)13-17)16-28(22,25-7-3)26-8-4/h9-14H,5-8,15-16H2,1-4H3. The minimum Gasteiger partial charge on any atom is -0.309 e. The van der Waals surface area contributed by atoms with Crippen LogP contribution in [0.5, 0.6) is 0 Å². The van der Waals surface area contributed by atoms with Gasteiger partial charge in [0.05, 0.1) is 38.8 Å². The fraction of sp³-hybridized carbons (Fsp3) is 0.500. The summed E-state index contributed by atoms with van der Waals surface area (Å²) in [6.45, 7) is 8.57. The lowest BCUT2D eigenvalue weighted by Crippen LogP contribution is -2.00. The predicted molar refractivity (Wildman–Crippen MR) is 113 cm³/mol. The Labute approximate surface area is 167 Å². The van der Waals surface area contributed by atoms with Crippen molar-refractivity contribution in [3.8, 4) is 0 Å². The van der Waals surface area contributed by atoms with Gasteiger partial charge >= 0.3 is 15.2 Å². The Morgan fingerprint density at radius 3 is 1.21 bits per heavy atom. The van der Waals surface area contributed by atoms with E-state index in [1.54, 1.807) is 27.7 Å². The van der Waals surface area contributed by atoms with Gasteiger partial charge in [-0.2, -0.15) is 0 Å². The molecule has 0 bridgehead atoms. The molecule has 2 rings (SSSR count).